The first-order chi connectivity index (χ1) is 8.39. The molecule has 0 amide bonds. The van der Waals surface area contributed by atoms with Crippen LogP contribution in [-0.4, -0.2) is 19.3 Å². The van der Waals surface area contributed by atoms with Gasteiger partial charge in [0, 0.05) is 5.02 Å². The van der Waals surface area contributed by atoms with Crippen LogP contribution in [0.25, 0.3) is 5.73 Å². The Bertz CT molecular complexity index is 345. The Kier molecular flexibility index (Phi) is 5.75. The summed E-state index contributed by atoms with van der Waals surface area (Å²) in [4.78, 5) is 0. The molecule has 0 spiro atoms. The van der Waals surface area contributed by atoms with Gasteiger partial charge in [0.15, 0.2) is 0 Å². The highest BCUT2D eigenvalue weighted by Gasteiger charge is 2.39. The first-order valence-electron chi connectivity index (χ1n) is 5.64. The third kappa shape index (κ3) is 5.60. The average molecular weight is 280 g/mol. The van der Waals surface area contributed by atoms with Crippen LogP contribution in [0.15, 0.2) is 24.3 Å². The van der Waals surface area contributed by atoms with Crippen LogP contribution >= 0.6 is 11.6 Å². The molecule has 2 nitrogen and oxygen atoms in total. The molecule has 0 atom stereocenters. The topological polar surface area (TPSA) is 35.8 Å². The van der Waals surface area contributed by atoms with Gasteiger partial charge < -0.3 is 11.1 Å². The standard InChI is InChI=1S/C6H5ClN.C6H10F3N/c7-5-2-1-3-6(8)4-5;7-6(8,9)5-1-3-10-4-2-5/h1-4,8H;5,10H,1-4H2/q-1;. The summed E-state index contributed by atoms with van der Waals surface area (Å²) >= 11 is 5.52. The molecule has 0 radical (unpaired) electrons. The lowest BCUT2D eigenvalue weighted by Gasteiger charge is -2.24. The van der Waals surface area contributed by atoms with Gasteiger partial charge in [0.05, 0.1) is 5.92 Å². The van der Waals surface area contributed by atoms with Crippen molar-refractivity contribution in [2.45, 2.75) is 19.0 Å². The molecule has 1 saturated heterocycles. The minimum atomic E-state index is -3.97. The van der Waals surface area contributed by atoms with Gasteiger partial charge in [-0.05, 0) is 32.0 Å². The van der Waals surface area contributed by atoms with E-state index in [2.05, 4.69) is 5.32 Å². The van der Waals surface area contributed by atoms with Crippen molar-refractivity contribution in [1.29, 1.82) is 0 Å². The SMILES string of the molecule is FC(F)(F)C1CCNCC1.[NH-]c1cccc(Cl)c1. The largest absolute Gasteiger partial charge is 0.699 e. The maximum absolute atomic E-state index is 11.9. The summed E-state index contributed by atoms with van der Waals surface area (Å²) in [5.41, 5.74) is 7.51. The highest BCUT2D eigenvalue weighted by atomic mass is 35.5. The molecule has 0 saturated carbocycles. The van der Waals surface area contributed by atoms with E-state index in [4.69, 9.17) is 17.3 Å². The summed E-state index contributed by atoms with van der Waals surface area (Å²) in [5, 5.41) is 3.51. The van der Waals surface area contributed by atoms with Crippen LogP contribution in [-0.2, 0) is 0 Å². The lowest BCUT2D eigenvalue weighted by Crippen LogP contribution is -2.35. The number of nitrogens with one attached hydrogen (secondary N) is 2. The third-order valence-electron chi connectivity index (χ3n) is 2.63. The second kappa shape index (κ2) is 6.85. The molecular weight excluding hydrogens is 265 g/mol. The van der Waals surface area contributed by atoms with Crippen LogP contribution in [0, 0.1) is 5.92 Å². The average Bonchev–Trinajstić information content (AvgIpc) is 2.29. The Labute approximate surface area is 109 Å². The molecule has 1 fully saturated rings. The summed E-state index contributed by atoms with van der Waals surface area (Å²) in [6.07, 6.45) is -3.49. The summed E-state index contributed by atoms with van der Waals surface area (Å²) in [6.45, 7) is 1.01. The van der Waals surface area contributed by atoms with Crippen LogP contribution in [0.3, 0.4) is 0 Å². The predicted octanol–water partition coefficient (Wildman–Crippen LogP) is 4.57. The van der Waals surface area contributed by atoms with Gasteiger partial charge in [-0.2, -0.15) is 13.2 Å². The number of halogens is 4. The van der Waals surface area contributed by atoms with Gasteiger partial charge in [-0.1, -0.05) is 29.8 Å². The van der Waals surface area contributed by atoms with E-state index in [1.54, 1.807) is 24.3 Å². The van der Waals surface area contributed by atoms with Crippen LogP contribution in [0.5, 0.6) is 0 Å². The highest BCUT2D eigenvalue weighted by Crippen LogP contribution is 2.32. The van der Waals surface area contributed by atoms with Crippen molar-refractivity contribution in [3.8, 4) is 0 Å². The first kappa shape index (κ1) is 15.1. The van der Waals surface area contributed by atoms with E-state index < -0.39 is 12.1 Å². The molecule has 2 N–H and O–H groups in total. The fourth-order valence-corrected chi connectivity index (χ4v) is 1.83. The summed E-state index contributed by atoms with van der Waals surface area (Å²) < 4.78 is 35.7. The molecule has 0 aromatic heterocycles. The number of benzene rings is 1. The van der Waals surface area contributed by atoms with Gasteiger partial charge in [0.25, 0.3) is 0 Å². The highest BCUT2D eigenvalue weighted by molar-refractivity contribution is 6.30. The quantitative estimate of drug-likeness (QED) is 0.742. The van der Waals surface area contributed by atoms with Crippen molar-refractivity contribution in [2.75, 3.05) is 13.1 Å². The smallest absolute Gasteiger partial charge is 0.391 e. The van der Waals surface area contributed by atoms with Gasteiger partial charge in [-0.3, -0.25) is 0 Å². The molecule has 1 heterocycles. The molecule has 102 valence electrons. The normalized spacial score (nSPS) is 16.9. The summed E-state index contributed by atoms with van der Waals surface area (Å²) in [7, 11) is 0. The minimum absolute atomic E-state index is 0.240. The van der Waals surface area contributed by atoms with E-state index in [0.29, 0.717) is 23.8 Å². The maximum atomic E-state index is 11.9. The van der Waals surface area contributed by atoms with Crippen molar-refractivity contribution in [3.63, 3.8) is 0 Å². The molecule has 2 rings (SSSR count). The second-order valence-corrected chi connectivity index (χ2v) is 4.51. The Balaban J connectivity index is 0.000000184. The Hall–Kier alpha value is -0.940. The number of rotatable bonds is 0. The van der Waals surface area contributed by atoms with Crippen molar-refractivity contribution < 1.29 is 13.2 Å². The zero-order valence-electron chi connectivity index (χ0n) is 9.73. The minimum Gasteiger partial charge on any atom is -0.699 e. The molecule has 0 aliphatic carbocycles. The molecule has 1 aromatic carbocycles. The lowest BCUT2D eigenvalue weighted by molar-refractivity contribution is -0.180. The van der Waals surface area contributed by atoms with Crippen molar-refractivity contribution in [3.05, 3.63) is 35.0 Å². The molecule has 18 heavy (non-hydrogen) atoms. The van der Waals surface area contributed by atoms with E-state index >= 15 is 0 Å². The Morgan fingerprint density at radius 2 is 1.83 bits per heavy atom. The summed E-state index contributed by atoms with van der Waals surface area (Å²) in [6, 6.07) is 6.79. The van der Waals surface area contributed by atoms with Crippen molar-refractivity contribution >= 4 is 17.3 Å². The predicted molar refractivity (Wildman–Crippen MR) is 67.1 cm³/mol. The second-order valence-electron chi connectivity index (χ2n) is 4.08. The van der Waals surface area contributed by atoms with E-state index in [1.165, 1.54) is 0 Å². The third-order valence-corrected chi connectivity index (χ3v) is 2.86. The molecular formula is C12H15ClF3N2-. The molecule has 0 unspecified atom stereocenters. The first-order valence-corrected chi connectivity index (χ1v) is 6.02. The van der Waals surface area contributed by atoms with Gasteiger partial charge in [-0.15, -0.1) is 5.69 Å². The zero-order chi connectivity index (χ0) is 13.6. The molecule has 1 aromatic rings. The van der Waals surface area contributed by atoms with Gasteiger partial charge >= 0.3 is 6.18 Å². The van der Waals surface area contributed by atoms with Crippen LogP contribution < -0.4 is 5.32 Å². The van der Waals surface area contributed by atoms with Gasteiger partial charge in [0.2, 0.25) is 0 Å². The lowest BCUT2D eigenvalue weighted by atomic mass is 9.98. The number of piperidine rings is 1. The Morgan fingerprint density at radius 1 is 1.22 bits per heavy atom. The fourth-order valence-electron chi connectivity index (χ4n) is 1.64. The van der Waals surface area contributed by atoms with E-state index in [0.717, 1.165) is 0 Å². The van der Waals surface area contributed by atoms with Crippen LogP contribution in [0.2, 0.25) is 5.02 Å². The number of alkyl halides is 3. The zero-order valence-corrected chi connectivity index (χ0v) is 10.5. The molecule has 1 aliphatic rings. The molecule has 1 aliphatic heterocycles. The number of hydrogen-bond acceptors (Lipinski definition) is 1. The molecule has 6 heteroatoms. The van der Waals surface area contributed by atoms with E-state index in [9.17, 15) is 13.2 Å². The van der Waals surface area contributed by atoms with E-state index in [1.807, 2.05) is 0 Å². The number of hydrogen-bond donors (Lipinski definition) is 1. The van der Waals surface area contributed by atoms with Crippen molar-refractivity contribution in [1.82, 2.24) is 5.32 Å². The fraction of sp³-hybridized carbons (Fsp3) is 0.500. The van der Waals surface area contributed by atoms with Crippen LogP contribution in [0.1, 0.15) is 12.8 Å². The maximum Gasteiger partial charge on any atom is 0.391 e. The summed E-state index contributed by atoms with van der Waals surface area (Å²) in [5.74, 6) is -1.06. The van der Waals surface area contributed by atoms with Gasteiger partial charge in [-0.25, -0.2) is 0 Å². The van der Waals surface area contributed by atoms with Crippen LogP contribution in [0.4, 0.5) is 18.9 Å². The van der Waals surface area contributed by atoms with E-state index in [-0.39, 0.29) is 12.8 Å². The monoisotopic (exact) mass is 279 g/mol. The van der Waals surface area contributed by atoms with Crippen molar-refractivity contribution in [2.24, 2.45) is 5.92 Å². The Morgan fingerprint density at radius 3 is 2.17 bits per heavy atom. The molecule has 0 bridgehead atoms. The van der Waals surface area contributed by atoms with Gasteiger partial charge in [0.1, 0.15) is 0 Å².